The van der Waals surface area contributed by atoms with Crippen molar-refractivity contribution < 1.29 is 9.53 Å². The van der Waals surface area contributed by atoms with Gasteiger partial charge in [-0.3, -0.25) is 14.6 Å². The summed E-state index contributed by atoms with van der Waals surface area (Å²) >= 11 is 0. The van der Waals surface area contributed by atoms with Gasteiger partial charge in [-0.1, -0.05) is 43.2 Å². The zero-order valence-corrected chi connectivity index (χ0v) is 19.5. The third-order valence-electron chi connectivity index (χ3n) is 6.21. The molecule has 1 aliphatic carbocycles. The Morgan fingerprint density at radius 1 is 0.971 bits per heavy atom. The Morgan fingerprint density at radius 2 is 1.71 bits per heavy atom. The van der Waals surface area contributed by atoms with E-state index in [1.807, 2.05) is 54.6 Å². The van der Waals surface area contributed by atoms with E-state index in [1.165, 1.54) is 10.7 Å². The number of carbonyl (C=O) groups excluding carboxylic acids is 1. The lowest BCUT2D eigenvalue weighted by molar-refractivity contribution is 0.0937. The van der Waals surface area contributed by atoms with Crippen LogP contribution in [-0.4, -0.2) is 26.7 Å². The number of benzene rings is 2. The molecule has 1 N–H and O–H groups in total. The Bertz CT molecular complexity index is 1410. The van der Waals surface area contributed by atoms with Gasteiger partial charge in [0.15, 0.2) is 0 Å². The number of nitrogens with zero attached hydrogens (tertiary/aromatic N) is 3. The van der Waals surface area contributed by atoms with Crippen molar-refractivity contribution >= 4 is 5.91 Å². The molecule has 2 heterocycles. The Balaban J connectivity index is 1.56. The lowest BCUT2D eigenvalue weighted by atomic mass is 9.99. The highest BCUT2D eigenvalue weighted by Crippen LogP contribution is 2.37. The molecule has 5 rings (SSSR count). The number of aromatic nitrogens is 3. The molecule has 4 aromatic rings. The number of amides is 1. The molecule has 0 bridgehead atoms. The summed E-state index contributed by atoms with van der Waals surface area (Å²) in [4.78, 5) is 29.8. The maximum atomic E-state index is 12.9. The minimum atomic E-state index is -0.258. The van der Waals surface area contributed by atoms with Gasteiger partial charge in [0.2, 0.25) is 0 Å². The lowest BCUT2D eigenvalue weighted by Crippen LogP contribution is -2.32. The van der Waals surface area contributed by atoms with Gasteiger partial charge in [0.25, 0.3) is 11.5 Å². The first-order chi connectivity index (χ1) is 17.1. The summed E-state index contributed by atoms with van der Waals surface area (Å²) in [5.41, 5.74) is 2.71. The van der Waals surface area contributed by atoms with Crippen LogP contribution in [0.1, 0.15) is 36.0 Å². The highest BCUT2D eigenvalue weighted by molar-refractivity contribution is 5.96. The minimum absolute atomic E-state index is 0.155. The van der Waals surface area contributed by atoms with E-state index < -0.39 is 0 Å². The van der Waals surface area contributed by atoms with Gasteiger partial charge in [-0.15, -0.1) is 0 Å². The Hall–Kier alpha value is -4.26. The van der Waals surface area contributed by atoms with Crippen LogP contribution in [0, 0.1) is 0 Å². The van der Waals surface area contributed by atoms with Gasteiger partial charge in [-0.2, -0.15) is 5.10 Å². The van der Waals surface area contributed by atoms with Crippen molar-refractivity contribution in [1.82, 2.24) is 20.1 Å². The standard InChI is InChI=1S/C28H26N4O3/c1-32-26(33)16-24(19-15-20(18-29-17-19)28(34)30-21-9-5-6-10-21)27(31-32)23-13-7-8-14-25(23)35-22-11-3-2-4-12-22/h2-4,7-8,11-18,21H,5-6,9-10H2,1H3,(H,30,34). The van der Waals surface area contributed by atoms with Crippen molar-refractivity contribution in [2.45, 2.75) is 31.7 Å². The number of aryl methyl sites for hydroxylation is 1. The van der Waals surface area contributed by atoms with E-state index in [1.54, 1.807) is 25.5 Å². The summed E-state index contributed by atoms with van der Waals surface area (Å²) in [5.74, 6) is 1.14. The van der Waals surface area contributed by atoms with Crippen molar-refractivity contribution in [2.75, 3.05) is 0 Å². The number of hydrogen-bond donors (Lipinski definition) is 1. The number of nitrogens with one attached hydrogen (secondary N) is 1. The van der Waals surface area contributed by atoms with E-state index >= 15 is 0 Å². The van der Waals surface area contributed by atoms with Crippen LogP contribution in [0.15, 0.2) is 83.9 Å². The number of carbonyl (C=O) groups is 1. The lowest BCUT2D eigenvalue weighted by Gasteiger charge is -2.15. The smallest absolute Gasteiger partial charge is 0.267 e. The Morgan fingerprint density at radius 3 is 2.51 bits per heavy atom. The molecule has 176 valence electrons. The molecule has 0 spiro atoms. The van der Waals surface area contributed by atoms with Gasteiger partial charge < -0.3 is 10.1 Å². The largest absolute Gasteiger partial charge is 0.457 e. The van der Waals surface area contributed by atoms with Gasteiger partial charge in [-0.05, 0) is 43.2 Å². The monoisotopic (exact) mass is 466 g/mol. The predicted molar refractivity (Wildman–Crippen MR) is 134 cm³/mol. The summed E-state index contributed by atoms with van der Waals surface area (Å²) in [6, 6.07) is 20.5. The number of ether oxygens (including phenoxy) is 1. The van der Waals surface area contributed by atoms with Gasteiger partial charge in [0, 0.05) is 48.2 Å². The summed E-state index contributed by atoms with van der Waals surface area (Å²) in [6.07, 6.45) is 7.47. The zero-order chi connectivity index (χ0) is 24.2. The van der Waals surface area contributed by atoms with Crippen LogP contribution in [0.3, 0.4) is 0 Å². The molecule has 7 nitrogen and oxygen atoms in total. The SMILES string of the molecule is Cn1nc(-c2ccccc2Oc2ccccc2)c(-c2cncc(C(=O)NC3CCCC3)c2)cc1=O. The molecule has 7 heteroatoms. The third kappa shape index (κ3) is 4.99. The van der Waals surface area contributed by atoms with Crippen LogP contribution >= 0.6 is 0 Å². The summed E-state index contributed by atoms with van der Waals surface area (Å²) in [6.45, 7) is 0. The van der Waals surface area contributed by atoms with Crippen LogP contribution in [0.4, 0.5) is 0 Å². The van der Waals surface area contributed by atoms with Crippen molar-refractivity contribution in [3.05, 3.63) is 95.0 Å². The number of para-hydroxylation sites is 2. The predicted octanol–water partition coefficient (Wildman–Crippen LogP) is 4.97. The zero-order valence-electron chi connectivity index (χ0n) is 19.5. The molecule has 0 radical (unpaired) electrons. The summed E-state index contributed by atoms with van der Waals surface area (Å²) < 4.78 is 7.45. The van der Waals surface area contributed by atoms with Crippen LogP contribution in [0.2, 0.25) is 0 Å². The van der Waals surface area contributed by atoms with Gasteiger partial charge in [0.05, 0.1) is 5.56 Å². The molecule has 35 heavy (non-hydrogen) atoms. The number of rotatable bonds is 6. The maximum Gasteiger partial charge on any atom is 0.267 e. The molecule has 2 aromatic heterocycles. The molecule has 0 unspecified atom stereocenters. The minimum Gasteiger partial charge on any atom is -0.457 e. The normalized spacial score (nSPS) is 13.5. The number of hydrogen-bond acceptors (Lipinski definition) is 5. The van der Waals surface area contributed by atoms with Crippen molar-refractivity contribution in [2.24, 2.45) is 7.05 Å². The molecule has 2 aromatic carbocycles. The summed E-state index contributed by atoms with van der Waals surface area (Å²) in [5, 5.41) is 7.67. The fourth-order valence-electron chi connectivity index (χ4n) is 4.37. The van der Waals surface area contributed by atoms with Crippen LogP contribution in [0.25, 0.3) is 22.4 Å². The van der Waals surface area contributed by atoms with E-state index in [0.29, 0.717) is 33.9 Å². The first-order valence-corrected chi connectivity index (χ1v) is 11.8. The van der Waals surface area contributed by atoms with E-state index in [4.69, 9.17) is 4.74 Å². The fourth-order valence-corrected chi connectivity index (χ4v) is 4.37. The molecule has 1 aliphatic rings. The molecule has 0 atom stereocenters. The van der Waals surface area contributed by atoms with Crippen molar-refractivity contribution in [3.8, 4) is 33.9 Å². The van der Waals surface area contributed by atoms with Gasteiger partial charge in [-0.25, -0.2) is 4.68 Å². The maximum absolute atomic E-state index is 12.9. The van der Waals surface area contributed by atoms with Crippen LogP contribution in [-0.2, 0) is 7.05 Å². The van der Waals surface area contributed by atoms with E-state index in [2.05, 4.69) is 15.4 Å². The number of pyridine rings is 1. The Kier molecular flexibility index (Phi) is 6.39. The molecular formula is C28H26N4O3. The molecule has 1 saturated carbocycles. The van der Waals surface area contributed by atoms with Gasteiger partial charge >= 0.3 is 0 Å². The van der Waals surface area contributed by atoms with Gasteiger partial charge in [0.1, 0.15) is 17.2 Å². The first-order valence-electron chi connectivity index (χ1n) is 11.8. The van der Waals surface area contributed by atoms with Crippen LogP contribution in [0.5, 0.6) is 11.5 Å². The molecule has 0 saturated heterocycles. The molecule has 1 fully saturated rings. The average Bonchev–Trinajstić information content (AvgIpc) is 3.40. The molecule has 1 amide bonds. The topological polar surface area (TPSA) is 86.1 Å². The second-order valence-electron chi connectivity index (χ2n) is 8.70. The highest BCUT2D eigenvalue weighted by atomic mass is 16.5. The van der Waals surface area contributed by atoms with E-state index in [0.717, 1.165) is 31.2 Å². The Labute approximate surface area is 203 Å². The molecule has 0 aliphatic heterocycles. The second-order valence-corrected chi connectivity index (χ2v) is 8.70. The van der Waals surface area contributed by atoms with E-state index in [9.17, 15) is 9.59 Å². The third-order valence-corrected chi connectivity index (χ3v) is 6.21. The average molecular weight is 467 g/mol. The quantitative estimate of drug-likeness (QED) is 0.433. The van der Waals surface area contributed by atoms with Crippen molar-refractivity contribution in [3.63, 3.8) is 0 Å². The fraction of sp³-hybridized carbons (Fsp3) is 0.214. The highest BCUT2D eigenvalue weighted by Gasteiger charge is 2.20. The van der Waals surface area contributed by atoms with Crippen LogP contribution < -0.4 is 15.6 Å². The first kappa shape index (κ1) is 22.5. The second kappa shape index (κ2) is 9.93. The summed E-state index contributed by atoms with van der Waals surface area (Å²) in [7, 11) is 1.61. The van der Waals surface area contributed by atoms with Crippen molar-refractivity contribution in [1.29, 1.82) is 0 Å². The van der Waals surface area contributed by atoms with E-state index in [-0.39, 0.29) is 17.5 Å². The molecular weight excluding hydrogens is 440 g/mol.